The van der Waals surface area contributed by atoms with E-state index in [2.05, 4.69) is 296 Å². The van der Waals surface area contributed by atoms with Crippen LogP contribution in [0.3, 0.4) is 0 Å². The first-order valence-corrected chi connectivity index (χ1v) is 29.6. The Morgan fingerprint density at radius 3 is 1.12 bits per heavy atom. The molecule has 0 radical (unpaired) electrons. The average Bonchev–Trinajstić information content (AvgIpc) is 3.70. The summed E-state index contributed by atoms with van der Waals surface area (Å²) in [7, 11) is 0. The number of benzene rings is 12. The molecular formula is C80H55N5. The molecule has 5 heteroatoms. The minimum absolute atomic E-state index is 0.124. The number of hydrogen-bond acceptors (Lipinski definition) is 2. The molecular weight excluding hydrogens is 1030 g/mol. The number of rotatable bonds is 6. The third kappa shape index (κ3) is 6.81. The van der Waals surface area contributed by atoms with Gasteiger partial charge in [0.15, 0.2) is 5.82 Å². The number of hydrogen-bond donors (Lipinski definition) is 0. The van der Waals surface area contributed by atoms with Crippen LogP contribution in [-0.4, -0.2) is 23.7 Å². The van der Waals surface area contributed by atoms with Gasteiger partial charge in [0.2, 0.25) is 0 Å². The van der Waals surface area contributed by atoms with Crippen LogP contribution < -0.4 is 0 Å². The molecule has 0 unspecified atom stereocenters. The van der Waals surface area contributed by atoms with Crippen molar-refractivity contribution in [3.05, 3.63) is 283 Å². The van der Waals surface area contributed by atoms with Crippen molar-refractivity contribution in [2.45, 2.75) is 38.5 Å². The van der Waals surface area contributed by atoms with Gasteiger partial charge in [-0.1, -0.05) is 216 Å². The van der Waals surface area contributed by atoms with Gasteiger partial charge in [-0.3, -0.25) is 4.57 Å². The predicted octanol–water partition coefficient (Wildman–Crippen LogP) is 20.5. The van der Waals surface area contributed by atoms with E-state index in [4.69, 9.17) is 9.97 Å². The van der Waals surface area contributed by atoms with Gasteiger partial charge >= 0.3 is 0 Å². The summed E-state index contributed by atoms with van der Waals surface area (Å²) in [5.41, 5.74) is 26.1. The van der Waals surface area contributed by atoms with Crippen LogP contribution in [0.15, 0.2) is 261 Å². The Kier molecular flexibility index (Phi) is 9.85. The van der Waals surface area contributed by atoms with Crippen molar-refractivity contribution in [2.24, 2.45) is 0 Å². The zero-order valence-corrected chi connectivity index (χ0v) is 47.6. The van der Waals surface area contributed by atoms with E-state index in [1.165, 1.54) is 99.5 Å². The molecule has 4 aromatic heterocycles. The van der Waals surface area contributed by atoms with Gasteiger partial charge in [0.05, 0.1) is 38.6 Å². The molecule has 0 amide bonds. The Hall–Kier alpha value is -10.6. The quantitative estimate of drug-likeness (QED) is 0.166. The van der Waals surface area contributed by atoms with E-state index in [9.17, 15) is 0 Å². The zero-order valence-electron chi connectivity index (χ0n) is 47.6. The monoisotopic (exact) mass is 1090 g/mol. The second kappa shape index (κ2) is 17.5. The zero-order chi connectivity index (χ0) is 56.4. The molecule has 16 aromatic rings. The van der Waals surface area contributed by atoms with Crippen molar-refractivity contribution in [1.82, 2.24) is 23.7 Å². The fourth-order valence-corrected chi connectivity index (χ4v) is 15.1. The van der Waals surface area contributed by atoms with Gasteiger partial charge in [0.1, 0.15) is 5.82 Å². The molecule has 400 valence electrons. The van der Waals surface area contributed by atoms with Gasteiger partial charge in [0, 0.05) is 65.5 Å². The van der Waals surface area contributed by atoms with E-state index < -0.39 is 0 Å². The molecule has 2 aliphatic carbocycles. The summed E-state index contributed by atoms with van der Waals surface area (Å²) in [6.07, 6.45) is 0. The second-order valence-corrected chi connectivity index (χ2v) is 24.5. The standard InChI is InChI=1S/C80H55N5/c1-79(2)66-25-13-8-20-55(66)57-40-34-53(46-68(57)79)83-71-28-16-11-22-59(71)61-36-30-49(42-73(61)83)51-32-38-63-64-39-33-52(45-76(64)85(75(63)44-51)78-65-24-10-15-27-70(65)81-77(82-78)48-18-6-5-7-19-48)50-31-37-62-60-23-12-17-29-72(60)84(74(62)43-50)54-35-41-58-56-21-9-14-26-67(56)80(3,4)69(58)47-54/h5-47H,1-4H3. The molecule has 0 aliphatic heterocycles. The molecule has 4 heterocycles. The van der Waals surface area contributed by atoms with E-state index >= 15 is 0 Å². The molecule has 0 spiro atoms. The molecule has 0 bridgehead atoms. The van der Waals surface area contributed by atoms with Crippen molar-refractivity contribution in [2.75, 3.05) is 0 Å². The average molecular weight is 1090 g/mol. The molecule has 85 heavy (non-hydrogen) atoms. The van der Waals surface area contributed by atoms with E-state index in [0.717, 1.165) is 66.3 Å². The number of aromatic nitrogens is 5. The normalized spacial score (nSPS) is 13.8. The number of fused-ring (bicyclic) bond motifs is 16. The van der Waals surface area contributed by atoms with Crippen molar-refractivity contribution in [3.63, 3.8) is 0 Å². The van der Waals surface area contributed by atoms with Crippen LogP contribution >= 0.6 is 0 Å². The van der Waals surface area contributed by atoms with Gasteiger partial charge in [-0.05, 0) is 140 Å². The maximum Gasteiger partial charge on any atom is 0.162 e. The van der Waals surface area contributed by atoms with E-state index in [1.807, 2.05) is 6.07 Å². The second-order valence-electron chi connectivity index (χ2n) is 24.5. The van der Waals surface area contributed by atoms with Crippen molar-refractivity contribution in [1.29, 1.82) is 0 Å². The Bertz CT molecular complexity index is 5270. The van der Waals surface area contributed by atoms with Crippen molar-refractivity contribution >= 4 is 76.3 Å². The molecule has 0 N–H and O–H groups in total. The van der Waals surface area contributed by atoms with Crippen LogP contribution in [0, 0.1) is 0 Å². The minimum atomic E-state index is -0.124. The first-order chi connectivity index (χ1) is 41.7. The summed E-state index contributed by atoms with van der Waals surface area (Å²) in [5, 5.41) is 8.23. The summed E-state index contributed by atoms with van der Waals surface area (Å²) in [6, 6.07) is 96.7. The first kappa shape index (κ1) is 48.0. The maximum absolute atomic E-state index is 5.58. The first-order valence-electron chi connectivity index (χ1n) is 29.6. The van der Waals surface area contributed by atoms with Crippen LogP contribution in [0.25, 0.3) is 149 Å². The van der Waals surface area contributed by atoms with Crippen LogP contribution in [0.2, 0.25) is 0 Å². The Balaban J connectivity index is 0.841. The largest absolute Gasteiger partial charge is 0.309 e. The summed E-state index contributed by atoms with van der Waals surface area (Å²) >= 11 is 0. The minimum Gasteiger partial charge on any atom is -0.309 e. The molecule has 0 saturated heterocycles. The highest BCUT2D eigenvalue weighted by molar-refractivity contribution is 6.15. The molecule has 0 fully saturated rings. The van der Waals surface area contributed by atoms with Gasteiger partial charge < -0.3 is 9.13 Å². The summed E-state index contributed by atoms with van der Waals surface area (Å²) in [6.45, 7) is 9.46. The van der Waals surface area contributed by atoms with Crippen LogP contribution in [0.1, 0.15) is 49.9 Å². The highest BCUT2D eigenvalue weighted by Gasteiger charge is 2.37. The van der Waals surface area contributed by atoms with Crippen molar-refractivity contribution < 1.29 is 0 Å². The third-order valence-corrected chi connectivity index (χ3v) is 19.3. The van der Waals surface area contributed by atoms with Gasteiger partial charge in [0.25, 0.3) is 0 Å². The van der Waals surface area contributed by atoms with Crippen LogP contribution in [0.4, 0.5) is 0 Å². The number of para-hydroxylation sites is 3. The van der Waals surface area contributed by atoms with Gasteiger partial charge in [-0.25, -0.2) is 9.97 Å². The van der Waals surface area contributed by atoms with E-state index in [1.54, 1.807) is 0 Å². The fourth-order valence-electron chi connectivity index (χ4n) is 15.1. The topological polar surface area (TPSA) is 40.6 Å². The molecule has 12 aromatic carbocycles. The van der Waals surface area contributed by atoms with E-state index in [0.29, 0.717) is 5.82 Å². The Morgan fingerprint density at radius 2 is 0.635 bits per heavy atom. The smallest absolute Gasteiger partial charge is 0.162 e. The lowest BCUT2D eigenvalue weighted by Crippen LogP contribution is -2.15. The number of nitrogens with zero attached hydrogens (tertiary/aromatic N) is 5. The Morgan fingerprint density at radius 1 is 0.259 bits per heavy atom. The lowest BCUT2D eigenvalue weighted by Gasteiger charge is -2.22. The summed E-state index contributed by atoms with van der Waals surface area (Å²) in [5.74, 6) is 1.53. The predicted molar refractivity (Wildman–Crippen MR) is 354 cm³/mol. The molecule has 2 aliphatic rings. The summed E-state index contributed by atoms with van der Waals surface area (Å²) in [4.78, 5) is 10.8. The highest BCUT2D eigenvalue weighted by atomic mass is 15.1. The van der Waals surface area contributed by atoms with Crippen LogP contribution in [0.5, 0.6) is 0 Å². The highest BCUT2D eigenvalue weighted by Crippen LogP contribution is 2.52. The van der Waals surface area contributed by atoms with Crippen molar-refractivity contribution in [3.8, 4) is 73.1 Å². The molecule has 5 nitrogen and oxygen atoms in total. The Labute approximate surface area is 492 Å². The van der Waals surface area contributed by atoms with E-state index in [-0.39, 0.29) is 10.8 Å². The fraction of sp³-hybridized carbons (Fsp3) is 0.0750. The van der Waals surface area contributed by atoms with Gasteiger partial charge in [-0.15, -0.1) is 0 Å². The third-order valence-electron chi connectivity index (χ3n) is 19.3. The lowest BCUT2D eigenvalue weighted by molar-refractivity contribution is 0.660. The molecule has 0 atom stereocenters. The lowest BCUT2D eigenvalue weighted by atomic mass is 9.82. The maximum atomic E-state index is 5.58. The summed E-state index contributed by atoms with van der Waals surface area (Å²) < 4.78 is 7.37. The molecule has 0 saturated carbocycles. The molecule has 18 rings (SSSR count). The SMILES string of the molecule is CC1(C)c2ccccc2-c2ccc(-n3c4ccccc4c4ccc(-c5ccc6c7ccc(-c8ccc9c%10ccccc%10n(-c%10ccc%11c(c%10)C(C)(C)c%10ccccc%10-%11)c9c8)cc7n(-c7nc(-c8ccccc8)nc8ccccc78)c6c5)cc43)cc21. The van der Waals surface area contributed by atoms with Gasteiger partial charge in [-0.2, -0.15) is 0 Å². The van der Waals surface area contributed by atoms with Crippen LogP contribution in [-0.2, 0) is 10.8 Å².